The first-order valence-corrected chi connectivity index (χ1v) is 6.76. The summed E-state index contributed by atoms with van der Waals surface area (Å²) in [5, 5.41) is 16.5. The third kappa shape index (κ3) is 4.80. The molecule has 2 atom stereocenters. The fraction of sp³-hybridized carbons (Fsp3) is 0.769. The summed E-state index contributed by atoms with van der Waals surface area (Å²) >= 11 is 0. The topological polar surface area (TPSA) is 97.5 Å². The number of alkyl carbamates (subject to hydrolysis) is 1. The molecule has 1 aromatic rings. The summed E-state index contributed by atoms with van der Waals surface area (Å²) in [5.41, 5.74) is -0.588. The molecule has 7 nitrogen and oxygen atoms in total. The number of hydrogen-bond donors (Lipinski definition) is 2. The number of aryl methyl sites for hydroxylation is 1. The normalized spacial score (nSPS) is 14.7. The van der Waals surface area contributed by atoms with Crippen molar-refractivity contribution < 1.29 is 19.2 Å². The Hall–Kier alpha value is -1.63. The van der Waals surface area contributed by atoms with E-state index in [0.717, 1.165) is 0 Å². The molecule has 0 radical (unpaired) electrons. The van der Waals surface area contributed by atoms with Crippen LogP contribution in [0.2, 0.25) is 0 Å². The number of aromatic nitrogens is 2. The Morgan fingerprint density at radius 3 is 2.55 bits per heavy atom. The minimum absolute atomic E-state index is 0.171. The van der Waals surface area contributed by atoms with E-state index in [-0.39, 0.29) is 5.82 Å². The van der Waals surface area contributed by atoms with Gasteiger partial charge in [-0.05, 0) is 27.2 Å². The predicted octanol–water partition coefficient (Wildman–Crippen LogP) is 1.97. The van der Waals surface area contributed by atoms with Crippen molar-refractivity contribution >= 4 is 6.09 Å². The van der Waals surface area contributed by atoms with Crippen molar-refractivity contribution in [2.24, 2.45) is 0 Å². The summed E-state index contributed by atoms with van der Waals surface area (Å²) in [7, 11) is 0. The molecule has 2 unspecified atom stereocenters. The molecule has 1 amide bonds. The maximum atomic E-state index is 11.7. The molecule has 0 aliphatic heterocycles. The van der Waals surface area contributed by atoms with E-state index in [1.165, 1.54) is 0 Å². The molecule has 0 saturated carbocycles. The molecular weight excluding hydrogens is 262 g/mol. The lowest BCUT2D eigenvalue weighted by molar-refractivity contribution is 0.0406. The number of hydrogen-bond acceptors (Lipinski definition) is 6. The Morgan fingerprint density at radius 2 is 2.10 bits per heavy atom. The average Bonchev–Trinajstić information content (AvgIpc) is 2.81. The van der Waals surface area contributed by atoms with Crippen LogP contribution in [0.3, 0.4) is 0 Å². The number of amides is 1. The van der Waals surface area contributed by atoms with E-state index in [1.54, 1.807) is 20.8 Å². The van der Waals surface area contributed by atoms with Crippen LogP contribution in [0.1, 0.15) is 58.9 Å². The number of nitrogens with one attached hydrogen (secondary N) is 1. The second kappa shape index (κ2) is 6.69. The molecule has 1 heterocycles. The molecule has 114 valence electrons. The molecular formula is C13H23N3O4. The van der Waals surface area contributed by atoms with Gasteiger partial charge in [-0.15, -0.1) is 0 Å². The van der Waals surface area contributed by atoms with Crippen LogP contribution in [-0.4, -0.2) is 33.0 Å². The third-order valence-electron chi connectivity index (χ3n) is 2.57. The molecule has 0 saturated heterocycles. The lowest BCUT2D eigenvalue weighted by Crippen LogP contribution is -2.42. The average molecular weight is 285 g/mol. The molecule has 0 spiro atoms. The lowest BCUT2D eigenvalue weighted by atomic mass is 10.1. The van der Waals surface area contributed by atoms with Gasteiger partial charge in [-0.3, -0.25) is 0 Å². The standard InChI is InChI=1S/C13H23N3O4/c1-6-8(14-12(18)19-13(3,4)5)10(17)11-15-9(7-2)20-16-11/h8,10,17H,6-7H2,1-5H3,(H,14,18). The Bertz CT molecular complexity index is 439. The van der Waals surface area contributed by atoms with Crippen LogP contribution in [0.25, 0.3) is 0 Å². The van der Waals surface area contributed by atoms with Crippen LogP contribution < -0.4 is 5.32 Å². The monoisotopic (exact) mass is 285 g/mol. The fourth-order valence-electron chi connectivity index (χ4n) is 1.57. The van der Waals surface area contributed by atoms with E-state index in [1.807, 2.05) is 13.8 Å². The zero-order valence-corrected chi connectivity index (χ0v) is 12.6. The van der Waals surface area contributed by atoms with Crippen LogP contribution in [0.5, 0.6) is 0 Å². The highest BCUT2D eigenvalue weighted by atomic mass is 16.6. The molecule has 7 heteroatoms. The molecule has 20 heavy (non-hydrogen) atoms. The van der Waals surface area contributed by atoms with Gasteiger partial charge in [-0.2, -0.15) is 4.98 Å². The Balaban J connectivity index is 2.67. The summed E-state index contributed by atoms with van der Waals surface area (Å²) in [6, 6.07) is -0.535. The van der Waals surface area contributed by atoms with Crippen LogP contribution in [0.15, 0.2) is 4.52 Å². The maximum Gasteiger partial charge on any atom is 0.407 e. The van der Waals surface area contributed by atoms with Crippen molar-refractivity contribution in [3.05, 3.63) is 11.7 Å². The summed E-state index contributed by atoms with van der Waals surface area (Å²) in [6.07, 6.45) is -0.508. The van der Waals surface area contributed by atoms with E-state index >= 15 is 0 Å². The van der Waals surface area contributed by atoms with Crippen molar-refractivity contribution in [3.8, 4) is 0 Å². The van der Waals surface area contributed by atoms with Gasteiger partial charge in [0.2, 0.25) is 11.7 Å². The van der Waals surface area contributed by atoms with Crippen molar-refractivity contribution in [1.82, 2.24) is 15.5 Å². The number of ether oxygens (including phenoxy) is 1. The fourth-order valence-corrected chi connectivity index (χ4v) is 1.57. The van der Waals surface area contributed by atoms with Crippen molar-refractivity contribution in [3.63, 3.8) is 0 Å². The molecule has 1 aromatic heterocycles. The predicted molar refractivity (Wildman–Crippen MR) is 72.1 cm³/mol. The molecule has 0 bridgehead atoms. The van der Waals surface area contributed by atoms with Crippen LogP contribution in [0.4, 0.5) is 4.79 Å². The minimum atomic E-state index is -1.03. The van der Waals surface area contributed by atoms with Gasteiger partial charge in [0.05, 0.1) is 6.04 Å². The SMILES string of the molecule is CCc1nc(C(O)C(CC)NC(=O)OC(C)(C)C)no1. The summed E-state index contributed by atoms with van der Waals surface area (Å²) in [6.45, 7) is 9.04. The maximum absolute atomic E-state index is 11.7. The van der Waals surface area contributed by atoms with Crippen molar-refractivity contribution in [2.45, 2.75) is 65.2 Å². The lowest BCUT2D eigenvalue weighted by Gasteiger charge is -2.24. The van der Waals surface area contributed by atoms with Gasteiger partial charge in [0.15, 0.2) is 0 Å². The molecule has 0 aliphatic carbocycles. The third-order valence-corrected chi connectivity index (χ3v) is 2.57. The first-order valence-electron chi connectivity index (χ1n) is 6.76. The first-order chi connectivity index (χ1) is 9.26. The van der Waals surface area contributed by atoms with Crippen molar-refractivity contribution in [2.75, 3.05) is 0 Å². The number of aliphatic hydroxyl groups is 1. The Morgan fingerprint density at radius 1 is 1.45 bits per heavy atom. The summed E-state index contributed by atoms with van der Waals surface area (Å²) in [4.78, 5) is 15.8. The number of aliphatic hydroxyl groups excluding tert-OH is 1. The van der Waals surface area contributed by atoms with Crippen molar-refractivity contribution in [1.29, 1.82) is 0 Å². The highest BCUT2D eigenvalue weighted by molar-refractivity contribution is 5.68. The van der Waals surface area contributed by atoms with E-state index in [0.29, 0.717) is 18.7 Å². The molecule has 1 rings (SSSR count). The van der Waals surface area contributed by atoms with Gasteiger partial charge >= 0.3 is 6.09 Å². The zero-order valence-electron chi connectivity index (χ0n) is 12.6. The summed E-state index contributed by atoms with van der Waals surface area (Å²) < 4.78 is 10.1. The van der Waals surface area contributed by atoms with Gasteiger partial charge in [-0.25, -0.2) is 4.79 Å². The summed E-state index contributed by atoms with van der Waals surface area (Å²) in [5.74, 6) is 0.621. The van der Waals surface area contributed by atoms with E-state index in [4.69, 9.17) is 9.26 Å². The first kappa shape index (κ1) is 16.4. The second-order valence-electron chi connectivity index (χ2n) is 5.51. The zero-order chi connectivity index (χ0) is 15.3. The number of carbonyl (C=O) groups is 1. The Labute approximate surface area is 118 Å². The highest BCUT2D eigenvalue weighted by Gasteiger charge is 2.27. The molecule has 0 fully saturated rings. The van der Waals surface area contributed by atoms with Gasteiger partial charge in [-0.1, -0.05) is 19.0 Å². The quantitative estimate of drug-likeness (QED) is 0.858. The van der Waals surface area contributed by atoms with Crippen LogP contribution in [0, 0.1) is 0 Å². The second-order valence-corrected chi connectivity index (χ2v) is 5.51. The number of rotatable bonds is 5. The molecule has 0 aliphatic rings. The highest BCUT2D eigenvalue weighted by Crippen LogP contribution is 2.17. The Kier molecular flexibility index (Phi) is 5.50. The van der Waals surface area contributed by atoms with Gasteiger partial charge in [0, 0.05) is 6.42 Å². The van der Waals surface area contributed by atoms with E-state index < -0.39 is 23.8 Å². The minimum Gasteiger partial charge on any atom is -0.444 e. The van der Waals surface area contributed by atoms with Gasteiger partial charge in [0.25, 0.3) is 0 Å². The largest absolute Gasteiger partial charge is 0.444 e. The van der Waals surface area contributed by atoms with Gasteiger partial charge in [0.1, 0.15) is 11.7 Å². The molecule has 2 N–H and O–H groups in total. The number of carbonyl (C=O) groups excluding carboxylic acids is 1. The smallest absolute Gasteiger partial charge is 0.407 e. The van der Waals surface area contributed by atoms with E-state index in [2.05, 4.69) is 15.5 Å². The van der Waals surface area contributed by atoms with Crippen LogP contribution >= 0.6 is 0 Å². The van der Waals surface area contributed by atoms with Crippen LogP contribution in [-0.2, 0) is 11.2 Å². The number of nitrogens with zero attached hydrogens (tertiary/aromatic N) is 2. The van der Waals surface area contributed by atoms with E-state index in [9.17, 15) is 9.90 Å². The molecule has 0 aromatic carbocycles. The van der Waals surface area contributed by atoms with Gasteiger partial charge < -0.3 is 19.7 Å².